The van der Waals surface area contributed by atoms with Crippen molar-refractivity contribution >= 4 is 23.6 Å². The molecule has 0 saturated carbocycles. The molecule has 1 fully saturated rings. The summed E-state index contributed by atoms with van der Waals surface area (Å²) in [6.07, 6.45) is -5.09. The normalized spacial score (nSPS) is 22.9. The first-order valence-corrected chi connectivity index (χ1v) is 6.66. The van der Waals surface area contributed by atoms with E-state index < -0.39 is 29.5 Å². The van der Waals surface area contributed by atoms with Crippen molar-refractivity contribution in [3.63, 3.8) is 0 Å². The van der Waals surface area contributed by atoms with Crippen molar-refractivity contribution in [2.45, 2.75) is 17.6 Å². The Morgan fingerprint density at radius 1 is 1.25 bits per heavy atom. The van der Waals surface area contributed by atoms with Crippen LogP contribution in [-0.4, -0.2) is 39.9 Å². The zero-order valence-corrected chi connectivity index (χ0v) is 10.8. The van der Waals surface area contributed by atoms with Gasteiger partial charge in [-0.2, -0.15) is 13.2 Å². The summed E-state index contributed by atoms with van der Waals surface area (Å²) in [4.78, 5) is 22.9. The van der Waals surface area contributed by atoms with Crippen LogP contribution in [0.5, 0.6) is 0 Å². The molecule has 108 valence electrons. The van der Waals surface area contributed by atoms with Crippen molar-refractivity contribution in [1.82, 2.24) is 4.90 Å². The maximum absolute atomic E-state index is 12.6. The summed E-state index contributed by atoms with van der Waals surface area (Å²) in [7, 11) is 0. The lowest BCUT2D eigenvalue weighted by atomic mass is 10.1. The number of thioether (sulfide) groups is 1. The van der Waals surface area contributed by atoms with E-state index in [2.05, 4.69) is 0 Å². The number of carbonyl (C=O) groups excluding carboxylic acids is 1. The van der Waals surface area contributed by atoms with Crippen LogP contribution < -0.4 is 0 Å². The van der Waals surface area contributed by atoms with Crippen molar-refractivity contribution < 1.29 is 27.9 Å². The third kappa shape index (κ3) is 2.74. The molecule has 4 nitrogen and oxygen atoms in total. The molecule has 2 rings (SSSR count). The number of carbonyl (C=O) groups is 2. The Morgan fingerprint density at radius 2 is 1.85 bits per heavy atom. The summed E-state index contributed by atoms with van der Waals surface area (Å²) in [6.45, 7) is 0. The smallest absolute Gasteiger partial charge is 0.471 e. The molecule has 0 spiro atoms. The number of halogens is 3. The first-order valence-electron chi connectivity index (χ1n) is 5.61. The first kappa shape index (κ1) is 14.7. The highest BCUT2D eigenvalue weighted by atomic mass is 32.2. The number of amides is 1. The van der Waals surface area contributed by atoms with Gasteiger partial charge in [0.15, 0.2) is 0 Å². The van der Waals surface area contributed by atoms with E-state index in [1.54, 1.807) is 30.3 Å². The van der Waals surface area contributed by atoms with Gasteiger partial charge in [-0.05, 0) is 5.56 Å². The number of carboxylic acid groups (broad SMARTS) is 1. The van der Waals surface area contributed by atoms with Gasteiger partial charge >= 0.3 is 18.1 Å². The molecule has 1 aromatic rings. The Labute approximate surface area is 116 Å². The van der Waals surface area contributed by atoms with E-state index in [0.717, 1.165) is 11.8 Å². The summed E-state index contributed by atoms with van der Waals surface area (Å²) < 4.78 is 37.9. The van der Waals surface area contributed by atoms with Crippen LogP contribution in [0.3, 0.4) is 0 Å². The van der Waals surface area contributed by atoms with Crippen LogP contribution in [0.25, 0.3) is 0 Å². The maximum atomic E-state index is 12.6. The highest BCUT2D eigenvalue weighted by Crippen LogP contribution is 2.43. The fraction of sp³-hybridized carbons (Fsp3) is 0.333. The number of hydrogen-bond acceptors (Lipinski definition) is 3. The minimum atomic E-state index is -5.09. The van der Waals surface area contributed by atoms with Crippen molar-refractivity contribution in [2.75, 3.05) is 5.75 Å². The standard InChI is InChI=1S/C12H10F3NO3S/c13-12(14,15)11(19)16-8(10(17)18)6-20-9(16)7-4-2-1-3-5-7/h1-5,8-9H,6H2,(H,17,18). The molecule has 1 amide bonds. The molecule has 0 aliphatic carbocycles. The predicted octanol–water partition coefficient (Wildman–Crippen LogP) is 2.28. The van der Waals surface area contributed by atoms with E-state index in [1.165, 1.54) is 0 Å². The quantitative estimate of drug-likeness (QED) is 0.910. The molecule has 0 radical (unpaired) electrons. The molecule has 0 aromatic heterocycles. The molecule has 1 aliphatic heterocycles. The van der Waals surface area contributed by atoms with Crippen molar-refractivity contribution in [3.05, 3.63) is 35.9 Å². The van der Waals surface area contributed by atoms with E-state index in [0.29, 0.717) is 10.5 Å². The number of carboxylic acids is 1. The molecule has 2 atom stereocenters. The van der Waals surface area contributed by atoms with Crippen LogP contribution in [-0.2, 0) is 9.59 Å². The van der Waals surface area contributed by atoms with Gasteiger partial charge in [0.1, 0.15) is 11.4 Å². The third-order valence-electron chi connectivity index (χ3n) is 2.85. The Balaban J connectivity index is 2.38. The second-order valence-electron chi connectivity index (χ2n) is 4.16. The minimum Gasteiger partial charge on any atom is -0.480 e. The molecule has 8 heteroatoms. The molecule has 1 aromatic carbocycles. The summed E-state index contributed by atoms with van der Waals surface area (Å²) in [5.41, 5.74) is 0.471. The van der Waals surface area contributed by atoms with Crippen molar-refractivity contribution in [1.29, 1.82) is 0 Å². The molecular formula is C12H10F3NO3S. The topological polar surface area (TPSA) is 57.6 Å². The van der Waals surface area contributed by atoms with E-state index in [4.69, 9.17) is 5.11 Å². The fourth-order valence-electron chi connectivity index (χ4n) is 1.97. The Bertz CT molecular complexity index is 520. The van der Waals surface area contributed by atoms with Gasteiger partial charge in [0.05, 0.1) is 0 Å². The second kappa shape index (κ2) is 5.35. The molecule has 1 saturated heterocycles. The van der Waals surface area contributed by atoms with Crippen LogP contribution in [0.1, 0.15) is 10.9 Å². The van der Waals surface area contributed by atoms with Crippen LogP contribution in [0.15, 0.2) is 30.3 Å². The van der Waals surface area contributed by atoms with Crippen LogP contribution in [0.4, 0.5) is 13.2 Å². The first-order chi connectivity index (χ1) is 9.32. The highest BCUT2D eigenvalue weighted by molar-refractivity contribution is 7.99. The number of aliphatic carboxylic acids is 1. The monoisotopic (exact) mass is 305 g/mol. The van der Waals surface area contributed by atoms with Crippen LogP contribution in [0.2, 0.25) is 0 Å². The fourth-order valence-corrected chi connectivity index (χ4v) is 3.39. The molecule has 20 heavy (non-hydrogen) atoms. The van der Waals surface area contributed by atoms with Gasteiger partial charge in [-0.15, -0.1) is 11.8 Å². The van der Waals surface area contributed by atoms with E-state index in [-0.39, 0.29) is 5.75 Å². The molecule has 1 heterocycles. The number of rotatable bonds is 2. The lowest BCUT2D eigenvalue weighted by Gasteiger charge is -2.28. The molecular weight excluding hydrogens is 295 g/mol. The predicted molar refractivity (Wildman–Crippen MR) is 66.0 cm³/mol. The van der Waals surface area contributed by atoms with Crippen LogP contribution >= 0.6 is 11.8 Å². The van der Waals surface area contributed by atoms with Gasteiger partial charge in [0, 0.05) is 5.75 Å². The maximum Gasteiger partial charge on any atom is 0.471 e. The van der Waals surface area contributed by atoms with Crippen molar-refractivity contribution in [3.8, 4) is 0 Å². The Hall–Kier alpha value is -1.70. The molecule has 1 aliphatic rings. The minimum absolute atomic E-state index is 0.0727. The number of nitrogens with zero attached hydrogens (tertiary/aromatic N) is 1. The van der Waals surface area contributed by atoms with Gasteiger partial charge in [0.25, 0.3) is 0 Å². The number of benzene rings is 1. The largest absolute Gasteiger partial charge is 0.480 e. The van der Waals surface area contributed by atoms with Gasteiger partial charge < -0.3 is 10.0 Å². The van der Waals surface area contributed by atoms with Gasteiger partial charge in [-0.25, -0.2) is 4.79 Å². The van der Waals surface area contributed by atoms with Gasteiger partial charge in [0.2, 0.25) is 0 Å². The van der Waals surface area contributed by atoms with E-state index >= 15 is 0 Å². The van der Waals surface area contributed by atoms with Crippen LogP contribution in [0, 0.1) is 0 Å². The highest BCUT2D eigenvalue weighted by Gasteiger charge is 2.52. The molecule has 2 unspecified atom stereocenters. The summed E-state index contributed by atoms with van der Waals surface area (Å²) in [5, 5.41) is 8.05. The lowest BCUT2D eigenvalue weighted by molar-refractivity contribution is -0.189. The van der Waals surface area contributed by atoms with E-state index in [9.17, 15) is 22.8 Å². The Morgan fingerprint density at radius 3 is 2.35 bits per heavy atom. The molecule has 0 bridgehead atoms. The van der Waals surface area contributed by atoms with E-state index in [1.807, 2.05) is 0 Å². The summed E-state index contributed by atoms with van der Waals surface area (Å²) in [5.74, 6) is -3.63. The Kier molecular flexibility index (Phi) is 3.94. The zero-order valence-electron chi connectivity index (χ0n) is 10.0. The average Bonchev–Trinajstić information content (AvgIpc) is 2.82. The number of hydrogen-bond donors (Lipinski definition) is 1. The SMILES string of the molecule is O=C(O)C1CSC(c2ccccc2)N1C(=O)C(F)(F)F. The molecule has 1 N–H and O–H groups in total. The lowest BCUT2D eigenvalue weighted by Crippen LogP contribution is -2.48. The van der Waals surface area contributed by atoms with Crippen molar-refractivity contribution in [2.24, 2.45) is 0 Å². The summed E-state index contributed by atoms with van der Waals surface area (Å²) in [6, 6.07) is 6.60. The zero-order chi connectivity index (χ0) is 14.9. The third-order valence-corrected chi connectivity index (χ3v) is 4.17. The average molecular weight is 305 g/mol. The number of alkyl halides is 3. The summed E-state index contributed by atoms with van der Waals surface area (Å²) >= 11 is 1.01. The van der Waals surface area contributed by atoms with Gasteiger partial charge in [-0.1, -0.05) is 30.3 Å². The van der Waals surface area contributed by atoms with Gasteiger partial charge in [-0.3, -0.25) is 4.79 Å². The second-order valence-corrected chi connectivity index (χ2v) is 5.27.